The molecule has 3 atom stereocenters. The summed E-state index contributed by atoms with van der Waals surface area (Å²) in [5.74, 6) is 0. The standard InChI is InChI=1S/C26H49NO2Si2/c1-21(22-15-13-12-14-16-22)27-23(19-28-30(8,9)25(2,3)4)17-18-24(27)20-29-31(10,11)26(5,6)7/h12-16,21,23-24H,17-20H2,1-11H3/t21-,23+,24+/m0/s1. The third kappa shape index (κ3) is 6.53. The van der Waals surface area contributed by atoms with Gasteiger partial charge in [0.2, 0.25) is 0 Å². The smallest absolute Gasteiger partial charge is 0.192 e. The summed E-state index contributed by atoms with van der Waals surface area (Å²) in [6.07, 6.45) is 2.38. The van der Waals surface area contributed by atoms with Crippen molar-refractivity contribution in [2.45, 2.75) is 116 Å². The van der Waals surface area contributed by atoms with Crippen LogP contribution >= 0.6 is 0 Å². The fraction of sp³-hybridized carbons (Fsp3) is 0.769. The maximum absolute atomic E-state index is 6.71. The average Bonchev–Trinajstić information content (AvgIpc) is 3.06. The lowest BCUT2D eigenvalue weighted by Gasteiger charge is -2.42. The van der Waals surface area contributed by atoms with E-state index >= 15 is 0 Å². The van der Waals surface area contributed by atoms with Gasteiger partial charge in [-0.2, -0.15) is 0 Å². The van der Waals surface area contributed by atoms with Crippen LogP contribution in [0.3, 0.4) is 0 Å². The van der Waals surface area contributed by atoms with Crippen LogP contribution in [0.1, 0.15) is 72.9 Å². The molecule has 0 unspecified atom stereocenters. The first-order valence-corrected chi connectivity index (χ1v) is 18.0. The maximum Gasteiger partial charge on any atom is 0.192 e. The quantitative estimate of drug-likeness (QED) is 0.370. The molecule has 0 aliphatic carbocycles. The van der Waals surface area contributed by atoms with Crippen LogP contribution in [0.2, 0.25) is 36.3 Å². The van der Waals surface area contributed by atoms with Crippen LogP contribution in [-0.2, 0) is 8.85 Å². The monoisotopic (exact) mass is 463 g/mol. The van der Waals surface area contributed by atoms with Gasteiger partial charge in [0.05, 0.1) is 0 Å². The Morgan fingerprint density at radius 2 is 1.19 bits per heavy atom. The molecule has 0 N–H and O–H groups in total. The molecular weight excluding hydrogens is 414 g/mol. The van der Waals surface area contributed by atoms with Crippen LogP contribution in [0.25, 0.3) is 0 Å². The molecule has 3 nitrogen and oxygen atoms in total. The minimum atomic E-state index is -1.76. The molecule has 2 rings (SSSR count). The highest BCUT2D eigenvalue weighted by atomic mass is 28.4. The minimum Gasteiger partial charge on any atom is -0.415 e. The number of nitrogens with zero attached hydrogens (tertiary/aromatic N) is 1. The lowest BCUT2D eigenvalue weighted by Crippen LogP contribution is -2.49. The largest absolute Gasteiger partial charge is 0.415 e. The van der Waals surface area contributed by atoms with Gasteiger partial charge in [-0.1, -0.05) is 71.9 Å². The van der Waals surface area contributed by atoms with Crippen LogP contribution in [0.15, 0.2) is 30.3 Å². The van der Waals surface area contributed by atoms with Crippen molar-refractivity contribution in [3.8, 4) is 0 Å². The van der Waals surface area contributed by atoms with Gasteiger partial charge in [-0.25, -0.2) is 0 Å². The predicted molar refractivity (Wildman–Crippen MR) is 140 cm³/mol. The van der Waals surface area contributed by atoms with E-state index in [-0.39, 0.29) is 10.1 Å². The molecule has 1 heterocycles. The van der Waals surface area contributed by atoms with Crippen LogP contribution in [0.5, 0.6) is 0 Å². The van der Waals surface area contributed by atoms with Crippen LogP contribution in [0, 0.1) is 0 Å². The van der Waals surface area contributed by atoms with Crippen molar-refractivity contribution in [1.29, 1.82) is 0 Å². The van der Waals surface area contributed by atoms with Crippen molar-refractivity contribution >= 4 is 16.6 Å². The third-order valence-corrected chi connectivity index (χ3v) is 17.3. The molecule has 0 bridgehead atoms. The molecule has 5 heteroatoms. The summed E-state index contributed by atoms with van der Waals surface area (Å²) in [6, 6.07) is 12.2. The number of likely N-dealkylation sites (tertiary alicyclic amines) is 1. The molecule has 31 heavy (non-hydrogen) atoms. The fourth-order valence-corrected chi connectivity index (χ4v) is 5.98. The zero-order valence-corrected chi connectivity index (χ0v) is 24.2. The van der Waals surface area contributed by atoms with Gasteiger partial charge in [0.15, 0.2) is 16.6 Å². The molecule has 1 saturated heterocycles. The van der Waals surface area contributed by atoms with E-state index < -0.39 is 16.6 Å². The van der Waals surface area contributed by atoms with E-state index in [4.69, 9.17) is 8.85 Å². The molecular formula is C26H49NO2Si2. The Morgan fingerprint density at radius 1 is 0.806 bits per heavy atom. The summed E-state index contributed by atoms with van der Waals surface area (Å²) in [7, 11) is -3.52. The van der Waals surface area contributed by atoms with Gasteiger partial charge in [0, 0.05) is 31.3 Å². The van der Waals surface area contributed by atoms with E-state index in [0.717, 1.165) is 13.2 Å². The van der Waals surface area contributed by atoms with Crippen LogP contribution < -0.4 is 0 Å². The van der Waals surface area contributed by atoms with E-state index in [1.54, 1.807) is 0 Å². The molecule has 1 aliphatic rings. The van der Waals surface area contributed by atoms with Gasteiger partial charge in [-0.05, 0) is 61.6 Å². The summed E-state index contributed by atoms with van der Waals surface area (Å²) >= 11 is 0. The van der Waals surface area contributed by atoms with Crippen molar-refractivity contribution in [2.75, 3.05) is 13.2 Å². The Labute approximate surface area is 195 Å². The van der Waals surface area contributed by atoms with E-state index in [9.17, 15) is 0 Å². The molecule has 1 fully saturated rings. The van der Waals surface area contributed by atoms with Crippen molar-refractivity contribution < 1.29 is 8.85 Å². The predicted octanol–water partition coefficient (Wildman–Crippen LogP) is 7.62. The van der Waals surface area contributed by atoms with Crippen LogP contribution in [0.4, 0.5) is 0 Å². The zero-order valence-electron chi connectivity index (χ0n) is 22.2. The van der Waals surface area contributed by atoms with Gasteiger partial charge >= 0.3 is 0 Å². The summed E-state index contributed by atoms with van der Waals surface area (Å²) in [6.45, 7) is 27.5. The Balaban J connectivity index is 2.20. The van der Waals surface area contributed by atoms with Crippen molar-refractivity contribution in [2.24, 2.45) is 0 Å². The summed E-state index contributed by atoms with van der Waals surface area (Å²) in [5, 5.41) is 0.485. The first kappa shape index (κ1) is 26.8. The number of benzene rings is 1. The highest BCUT2D eigenvalue weighted by molar-refractivity contribution is 6.74. The second kappa shape index (κ2) is 9.80. The van der Waals surface area contributed by atoms with E-state index in [1.165, 1.54) is 18.4 Å². The normalized spacial score (nSPS) is 22.7. The van der Waals surface area contributed by atoms with E-state index in [1.807, 2.05) is 0 Å². The molecule has 0 radical (unpaired) electrons. The first-order valence-electron chi connectivity index (χ1n) is 12.2. The lowest BCUT2D eigenvalue weighted by atomic mass is 10.1. The van der Waals surface area contributed by atoms with Gasteiger partial charge in [0.1, 0.15) is 0 Å². The highest BCUT2D eigenvalue weighted by Gasteiger charge is 2.43. The second-order valence-electron chi connectivity index (χ2n) is 12.6. The number of rotatable bonds is 8. The number of hydrogen-bond donors (Lipinski definition) is 0. The van der Waals surface area contributed by atoms with Crippen molar-refractivity contribution in [1.82, 2.24) is 4.90 Å². The van der Waals surface area contributed by atoms with Crippen molar-refractivity contribution in [3.05, 3.63) is 35.9 Å². The Hall–Kier alpha value is -0.466. The molecule has 1 aliphatic heterocycles. The molecule has 1 aromatic rings. The fourth-order valence-electron chi connectivity index (χ4n) is 3.90. The summed E-state index contributed by atoms with van der Waals surface area (Å²) < 4.78 is 13.4. The molecule has 0 amide bonds. The Bertz CT molecular complexity index is 654. The minimum absolute atomic E-state index is 0.242. The van der Waals surface area contributed by atoms with Gasteiger partial charge in [-0.3, -0.25) is 4.90 Å². The van der Waals surface area contributed by atoms with Gasteiger partial charge in [0.25, 0.3) is 0 Å². The zero-order chi connectivity index (χ0) is 23.7. The summed E-state index contributed by atoms with van der Waals surface area (Å²) in [5.41, 5.74) is 1.39. The molecule has 1 aromatic carbocycles. The molecule has 178 valence electrons. The van der Waals surface area contributed by atoms with Crippen molar-refractivity contribution in [3.63, 3.8) is 0 Å². The molecule has 0 saturated carbocycles. The SMILES string of the molecule is C[C@@H](c1ccccc1)N1[C@@H](CO[Si](C)(C)C(C)(C)C)CC[C@@H]1CO[Si](C)(C)C(C)(C)C. The number of hydrogen-bond acceptors (Lipinski definition) is 3. The average molecular weight is 464 g/mol. The maximum atomic E-state index is 6.71. The first-order chi connectivity index (χ1) is 14.1. The lowest BCUT2D eigenvalue weighted by molar-refractivity contribution is 0.0692. The molecule has 0 aromatic heterocycles. The Morgan fingerprint density at radius 3 is 1.55 bits per heavy atom. The Kier molecular flexibility index (Phi) is 8.47. The topological polar surface area (TPSA) is 21.7 Å². The second-order valence-corrected chi connectivity index (χ2v) is 22.2. The van der Waals surface area contributed by atoms with E-state index in [2.05, 4.69) is 110 Å². The van der Waals surface area contributed by atoms with Crippen LogP contribution in [-0.4, -0.2) is 46.8 Å². The van der Waals surface area contributed by atoms with Gasteiger partial charge in [-0.15, -0.1) is 0 Å². The van der Waals surface area contributed by atoms with E-state index in [0.29, 0.717) is 18.1 Å². The summed E-state index contributed by atoms with van der Waals surface area (Å²) in [4.78, 5) is 2.72. The third-order valence-electron chi connectivity index (χ3n) is 8.29. The highest BCUT2D eigenvalue weighted by Crippen LogP contribution is 2.41. The van der Waals surface area contributed by atoms with Gasteiger partial charge < -0.3 is 8.85 Å². The molecule has 0 spiro atoms.